The second-order valence-electron chi connectivity index (χ2n) is 11.6. The molecule has 2 aromatic heterocycles. The highest BCUT2D eigenvalue weighted by atomic mass is 32.1. The minimum Gasteiger partial charge on any atom is -0.481 e. The first-order valence-electron chi connectivity index (χ1n) is 13.9. The lowest BCUT2D eigenvalue weighted by Crippen LogP contribution is -2.42. The number of piperidine rings is 1. The molecular formula is C30H45N3O5S. The minimum atomic E-state index is -0.851. The van der Waals surface area contributed by atoms with Gasteiger partial charge in [-0.2, -0.15) is 0 Å². The molecule has 39 heavy (non-hydrogen) atoms. The first kappa shape index (κ1) is 30.9. The third-order valence-corrected chi connectivity index (χ3v) is 9.02. The number of carboxylic acids is 1. The Hall–Kier alpha value is -2.65. The fraction of sp³-hybridized carbons (Fsp3) is 0.633. The molecule has 1 unspecified atom stereocenters. The summed E-state index contributed by atoms with van der Waals surface area (Å²) in [5.74, 6) is 0.442. The maximum Gasteiger partial charge on any atom is 0.410 e. The molecule has 2 N–H and O–H groups in total. The molecule has 0 saturated carbocycles. The van der Waals surface area contributed by atoms with Crippen LogP contribution < -0.4 is 10.1 Å². The molecule has 1 atom stereocenters. The second kappa shape index (κ2) is 13.1. The zero-order valence-electron chi connectivity index (χ0n) is 24.8. The molecular weight excluding hydrogens is 514 g/mol. The maximum atomic E-state index is 12.5. The first-order chi connectivity index (χ1) is 18.3. The van der Waals surface area contributed by atoms with Gasteiger partial charge in [0.05, 0.1) is 12.7 Å². The van der Waals surface area contributed by atoms with Gasteiger partial charge in [0.1, 0.15) is 5.60 Å². The van der Waals surface area contributed by atoms with E-state index < -0.39 is 11.6 Å². The summed E-state index contributed by atoms with van der Waals surface area (Å²) in [4.78, 5) is 33.0. The summed E-state index contributed by atoms with van der Waals surface area (Å²) in [6.45, 7) is 16.6. The molecule has 1 aliphatic rings. The van der Waals surface area contributed by atoms with Crippen molar-refractivity contribution in [3.8, 4) is 5.88 Å². The normalized spacial score (nSPS) is 15.3. The van der Waals surface area contributed by atoms with Gasteiger partial charge >= 0.3 is 12.1 Å². The quantitative estimate of drug-likeness (QED) is 0.332. The van der Waals surface area contributed by atoms with E-state index in [0.717, 1.165) is 57.9 Å². The van der Waals surface area contributed by atoms with Gasteiger partial charge in [0.2, 0.25) is 5.88 Å². The maximum absolute atomic E-state index is 12.5. The van der Waals surface area contributed by atoms with E-state index in [1.807, 2.05) is 34.6 Å². The predicted molar refractivity (Wildman–Crippen MR) is 155 cm³/mol. The number of methoxy groups -OCH3 is 1. The summed E-state index contributed by atoms with van der Waals surface area (Å²) in [5.41, 5.74) is 3.98. The number of hydrogen-bond donors (Lipinski definition) is 2. The van der Waals surface area contributed by atoms with Crippen LogP contribution in [0.2, 0.25) is 0 Å². The lowest BCUT2D eigenvalue weighted by molar-refractivity contribution is 0.0176. The largest absolute Gasteiger partial charge is 0.481 e. The average Bonchev–Trinajstić information content (AvgIpc) is 3.19. The number of aryl methyl sites for hydroxylation is 3. The summed E-state index contributed by atoms with van der Waals surface area (Å²) < 4.78 is 11.0. The third-order valence-electron chi connectivity index (χ3n) is 7.47. The molecule has 1 amide bonds. The van der Waals surface area contributed by atoms with Crippen molar-refractivity contribution in [3.63, 3.8) is 0 Å². The minimum absolute atomic E-state index is 0.241. The topological polar surface area (TPSA) is 101 Å². The monoisotopic (exact) mass is 559 g/mol. The van der Waals surface area contributed by atoms with Gasteiger partial charge in [0.25, 0.3) is 0 Å². The lowest BCUT2D eigenvalue weighted by Gasteiger charge is -2.35. The molecule has 8 nitrogen and oxygen atoms in total. The van der Waals surface area contributed by atoms with E-state index in [4.69, 9.17) is 9.47 Å². The fourth-order valence-electron chi connectivity index (χ4n) is 5.41. The third kappa shape index (κ3) is 7.94. The van der Waals surface area contributed by atoms with E-state index in [2.05, 4.69) is 30.2 Å². The lowest BCUT2D eigenvalue weighted by atomic mass is 9.83. The van der Waals surface area contributed by atoms with E-state index >= 15 is 0 Å². The van der Waals surface area contributed by atoms with E-state index in [9.17, 15) is 14.7 Å². The number of nitrogens with zero attached hydrogens (tertiary/aromatic N) is 2. The van der Waals surface area contributed by atoms with E-state index in [0.29, 0.717) is 43.4 Å². The van der Waals surface area contributed by atoms with Gasteiger partial charge in [0.15, 0.2) is 0 Å². The van der Waals surface area contributed by atoms with Gasteiger partial charge < -0.3 is 24.8 Å². The van der Waals surface area contributed by atoms with Crippen molar-refractivity contribution in [2.24, 2.45) is 5.92 Å². The van der Waals surface area contributed by atoms with Gasteiger partial charge in [-0.15, -0.1) is 11.3 Å². The van der Waals surface area contributed by atoms with Crippen LogP contribution in [0, 0.1) is 26.7 Å². The number of pyridine rings is 1. The van der Waals surface area contributed by atoms with Crippen molar-refractivity contribution in [2.45, 2.75) is 92.2 Å². The molecule has 216 valence electrons. The van der Waals surface area contributed by atoms with E-state index in [1.54, 1.807) is 23.3 Å². The van der Waals surface area contributed by atoms with Crippen LogP contribution in [0.15, 0.2) is 6.07 Å². The second-order valence-corrected chi connectivity index (χ2v) is 12.8. The Kier molecular flexibility index (Phi) is 10.4. The number of hydrogen-bond acceptors (Lipinski definition) is 7. The zero-order chi connectivity index (χ0) is 28.9. The molecule has 0 bridgehead atoms. The van der Waals surface area contributed by atoms with Crippen molar-refractivity contribution in [1.29, 1.82) is 0 Å². The number of rotatable bonds is 10. The molecule has 1 saturated heterocycles. The van der Waals surface area contributed by atoms with Crippen LogP contribution in [0.25, 0.3) is 0 Å². The Bertz CT molecular complexity index is 1160. The number of thiophene rings is 1. The smallest absolute Gasteiger partial charge is 0.410 e. The fourth-order valence-corrected chi connectivity index (χ4v) is 6.89. The van der Waals surface area contributed by atoms with Crippen molar-refractivity contribution in [3.05, 3.63) is 43.8 Å². The first-order valence-corrected chi connectivity index (χ1v) is 14.7. The molecule has 0 spiro atoms. The summed E-state index contributed by atoms with van der Waals surface area (Å²) in [6.07, 6.45) is 3.07. The van der Waals surface area contributed by atoms with Gasteiger partial charge in [0, 0.05) is 40.6 Å². The number of aromatic carboxylic acids is 1. The van der Waals surface area contributed by atoms with Crippen LogP contribution in [-0.2, 0) is 17.7 Å². The predicted octanol–water partition coefficient (Wildman–Crippen LogP) is 6.25. The van der Waals surface area contributed by atoms with E-state index in [-0.39, 0.29) is 12.0 Å². The van der Waals surface area contributed by atoms with Crippen LogP contribution >= 0.6 is 11.3 Å². The molecule has 3 rings (SSSR count). The van der Waals surface area contributed by atoms with Crippen LogP contribution in [0.1, 0.15) is 95.4 Å². The molecule has 0 aromatic carbocycles. The van der Waals surface area contributed by atoms with Crippen molar-refractivity contribution < 1.29 is 24.2 Å². The Labute approximate surface area is 237 Å². The summed E-state index contributed by atoms with van der Waals surface area (Å²) in [7, 11) is 1.64. The average molecular weight is 560 g/mol. The summed E-state index contributed by atoms with van der Waals surface area (Å²) in [6, 6.07) is 2.05. The summed E-state index contributed by atoms with van der Waals surface area (Å²) in [5, 5.41) is 13.5. The van der Waals surface area contributed by atoms with Crippen molar-refractivity contribution in [2.75, 3.05) is 26.7 Å². The van der Waals surface area contributed by atoms with Gasteiger partial charge in [-0.05, 0) is 103 Å². The standard InChI is InChI=1S/C30H45N3O5S/c1-18-16-19(2)32-27(37-8)23(18)17-31-13-9-10-24-25(28(34)35)21(4)26(39-24)20(3)22-11-14-33(15-12-22)29(36)38-30(5,6)7/h16,20,22,31H,9-15,17H2,1-8H3,(H,34,35). The van der Waals surface area contributed by atoms with Crippen molar-refractivity contribution >= 4 is 23.4 Å². The van der Waals surface area contributed by atoms with Crippen molar-refractivity contribution in [1.82, 2.24) is 15.2 Å². The van der Waals surface area contributed by atoms with Crippen LogP contribution in [0.5, 0.6) is 5.88 Å². The Balaban J connectivity index is 1.59. The number of carbonyl (C=O) groups is 2. The highest BCUT2D eigenvalue weighted by Crippen LogP contribution is 2.41. The Morgan fingerprint density at radius 3 is 2.49 bits per heavy atom. The molecule has 9 heteroatoms. The zero-order valence-corrected chi connectivity index (χ0v) is 25.6. The molecule has 0 radical (unpaired) electrons. The van der Waals surface area contributed by atoms with Crippen LogP contribution in [-0.4, -0.2) is 59.4 Å². The summed E-state index contributed by atoms with van der Waals surface area (Å²) >= 11 is 1.65. The molecule has 0 aliphatic carbocycles. The van der Waals surface area contributed by atoms with Crippen LogP contribution in [0.4, 0.5) is 4.79 Å². The Morgan fingerprint density at radius 2 is 1.90 bits per heavy atom. The SMILES string of the molecule is COc1nc(C)cc(C)c1CNCCCc1sc(C(C)C2CCN(C(=O)OC(C)(C)C)CC2)c(C)c1C(=O)O. The number of carbonyl (C=O) groups excluding carboxylic acids is 1. The highest BCUT2D eigenvalue weighted by molar-refractivity contribution is 7.12. The number of aromatic nitrogens is 1. The highest BCUT2D eigenvalue weighted by Gasteiger charge is 2.32. The Morgan fingerprint density at radius 1 is 1.23 bits per heavy atom. The van der Waals surface area contributed by atoms with E-state index in [1.165, 1.54) is 0 Å². The van der Waals surface area contributed by atoms with Gasteiger partial charge in [-0.1, -0.05) is 6.92 Å². The number of nitrogens with one attached hydrogen (secondary N) is 1. The van der Waals surface area contributed by atoms with Gasteiger partial charge in [-0.25, -0.2) is 14.6 Å². The molecule has 2 aromatic rings. The number of carboxylic acid groups (broad SMARTS) is 1. The molecule has 1 aliphatic heterocycles. The molecule has 3 heterocycles. The molecule has 1 fully saturated rings. The van der Waals surface area contributed by atoms with Gasteiger partial charge in [-0.3, -0.25) is 0 Å². The number of ether oxygens (including phenoxy) is 2. The van der Waals surface area contributed by atoms with Crippen LogP contribution in [0.3, 0.4) is 0 Å². The number of amides is 1. The number of likely N-dealkylation sites (tertiary alicyclic amines) is 1.